The fourth-order valence-corrected chi connectivity index (χ4v) is 0.652. The highest BCUT2D eigenvalue weighted by atomic mass is 16.3. The first-order chi connectivity index (χ1) is 4.98. The first-order valence-corrected chi connectivity index (χ1v) is 3.68. The Morgan fingerprint density at radius 2 is 2.09 bits per heavy atom. The van der Waals surface area contributed by atoms with E-state index in [-0.39, 0.29) is 12.2 Å². The number of hydrogen-bond acceptors (Lipinski definition) is 3. The van der Waals surface area contributed by atoms with Crippen LogP contribution >= 0.6 is 0 Å². The molecule has 0 bridgehead atoms. The molecule has 0 atom stereocenters. The topological polar surface area (TPSA) is 54.4 Å². The normalized spacial score (nSPS) is 11.2. The molecule has 0 heterocycles. The molecule has 0 fully saturated rings. The minimum absolute atomic E-state index is 0.209. The zero-order valence-corrected chi connectivity index (χ0v) is 6.96. The average molecular weight is 158 g/mol. The van der Waals surface area contributed by atoms with Gasteiger partial charge in [-0.05, 0) is 20.3 Å². The molecule has 0 aliphatic heterocycles. The van der Waals surface area contributed by atoms with E-state index in [0.29, 0.717) is 12.8 Å². The van der Waals surface area contributed by atoms with Crippen LogP contribution in [0.2, 0.25) is 0 Å². The van der Waals surface area contributed by atoms with Crippen LogP contribution in [0.1, 0.15) is 33.1 Å². The van der Waals surface area contributed by atoms with Crippen molar-refractivity contribution in [1.29, 1.82) is 0 Å². The van der Waals surface area contributed by atoms with Gasteiger partial charge in [0.15, 0.2) is 5.78 Å². The largest absolute Gasteiger partial charge is 0.383 e. The summed E-state index contributed by atoms with van der Waals surface area (Å²) in [6.45, 7) is 2.91. The number of carbonyl (C=O) groups excluding carboxylic acids is 2. The number of hydrogen-bond donors (Lipinski definition) is 1. The Labute approximate surface area is 66.4 Å². The van der Waals surface area contributed by atoms with Crippen LogP contribution in [0, 0.1) is 0 Å². The van der Waals surface area contributed by atoms with Gasteiger partial charge in [0.2, 0.25) is 0 Å². The second kappa shape index (κ2) is 4.23. The minimum Gasteiger partial charge on any atom is -0.383 e. The van der Waals surface area contributed by atoms with Gasteiger partial charge in [0.25, 0.3) is 0 Å². The standard InChI is InChI=1S/C8H14O3/c1-8(2,11)7(10)5-3-4-6-9/h6,11H,3-5H2,1-2H3. The number of aldehydes is 1. The van der Waals surface area contributed by atoms with E-state index in [2.05, 4.69) is 0 Å². The lowest BCUT2D eigenvalue weighted by Crippen LogP contribution is -2.30. The summed E-state index contributed by atoms with van der Waals surface area (Å²) in [7, 11) is 0. The summed E-state index contributed by atoms with van der Waals surface area (Å²) >= 11 is 0. The summed E-state index contributed by atoms with van der Waals surface area (Å²) in [5.74, 6) is -0.209. The van der Waals surface area contributed by atoms with Crippen LogP contribution < -0.4 is 0 Å². The summed E-state index contributed by atoms with van der Waals surface area (Å²) in [4.78, 5) is 20.8. The fourth-order valence-electron chi connectivity index (χ4n) is 0.652. The van der Waals surface area contributed by atoms with E-state index in [4.69, 9.17) is 5.11 Å². The van der Waals surface area contributed by atoms with Crippen molar-refractivity contribution < 1.29 is 14.7 Å². The molecule has 3 nitrogen and oxygen atoms in total. The van der Waals surface area contributed by atoms with Crippen LogP contribution in [0.15, 0.2) is 0 Å². The third kappa shape index (κ3) is 4.67. The van der Waals surface area contributed by atoms with Gasteiger partial charge in [-0.3, -0.25) is 4.79 Å². The molecule has 0 radical (unpaired) electrons. The smallest absolute Gasteiger partial charge is 0.163 e. The molecule has 11 heavy (non-hydrogen) atoms. The van der Waals surface area contributed by atoms with Gasteiger partial charge < -0.3 is 9.90 Å². The molecule has 0 aromatic rings. The lowest BCUT2D eigenvalue weighted by atomic mass is 9.99. The van der Waals surface area contributed by atoms with Crippen molar-refractivity contribution in [2.24, 2.45) is 0 Å². The van der Waals surface area contributed by atoms with Gasteiger partial charge >= 0.3 is 0 Å². The Kier molecular flexibility index (Phi) is 3.97. The molecular weight excluding hydrogens is 144 g/mol. The highest BCUT2D eigenvalue weighted by molar-refractivity contribution is 5.86. The van der Waals surface area contributed by atoms with Gasteiger partial charge in [0.05, 0.1) is 0 Å². The molecule has 0 spiro atoms. The zero-order valence-electron chi connectivity index (χ0n) is 6.96. The summed E-state index contributed by atoms with van der Waals surface area (Å²) in [5.41, 5.74) is -1.25. The molecule has 0 saturated heterocycles. The molecular formula is C8H14O3. The third-order valence-electron chi connectivity index (χ3n) is 1.41. The summed E-state index contributed by atoms with van der Waals surface area (Å²) in [5, 5.41) is 9.15. The van der Waals surface area contributed by atoms with Crippen molar-refractivity contribution in [2.45, 2.75) is 38.7 Å². The van der Waals surface area contributed by atoms with Crippen molar-refractivity contribution in [2.75, 3.05) is 0 Å². The molecule has 0 aromatic carbocycles. The third-order valence-corrected chi connectivity index (χ3v) is 1.41. The van der Waals surface area contributed by atoms with E-state index < -0.39 is 5.60 Å². The van der Waals surface area contributed by atoms with Gasteiger partial charge in [0.1, 0.15) is 11.9 Å². The molecule has 0 saturated carbocycles. The van der Waals surface area contributed by atoms with Crippen LogP contribution in [0.25, 0.3) is 0 Å². The van der Waals surface area contributed by atoms with E-state index >= 15 is 0 Å². The Morgan fingerprint density at radius 3 is 2.45 bits per heavy atom. The number of Topliss-reactive ketones (excluding diaryl/α,β-unsaturated/α-hetero) is 1. The van der Waals surface area contributed by atoms with Gasteiger partial charge in [0, 0.05) is 12.8 Å². The van der Waals surface area contributed by atoms with Crippen LogP contribution in [0.4, 0.5) is 0 Å². The first kappa shape index (κ1) is 10.3. The molecule has 0 unspecified atom stereocenters. The van der Waals surface area contributed by atoms with Crippen molar-refractivity contribution in [3.8, 4) is 0 Å². The zero-order chi connectivity index (χ0) is 8.91. The molecule has 0 aromatic heterocycles. The van der Waals surface area contributed by atoms with Crippen molar-refractivity contribution >= 4 is 12.1 Å². The van der Waals surface area contributed by atoms with Crippen molar-refractivity contribution in [1.82, 2.24) is 0 Å². The quantitative estimate of drug-likeness (QED) is 0.473. The van der Waals surface area contributed by atoms with Crippen LogP contribution in [0.3, 0.4) is 0 Å². The highest BCUT2D eigenvalue weighted by Gasteiger charge is 2.22. The maximum Gasteiger partial charge on any atom is 0.163 e. The number of unbranched alkanes of at least 4 members (excludes halogenated alkanes) is 1. The average Bonchev–Trinajstić information content (AvgIpc) is 1.86. The number of aliphatic hydroxyl groups is 1. The summed E-state index contributed by atoms with van der Waals surface area (Å²) in [6, 6.07) is 0. The molecule has 1 N–H and O–H groups in total. The Balaban J connectivity index is 3.62. The van der Waals surface area contributed by atoms with Gasteiger partial charge in [-0.2, -0.15) is 0 Å². The van der Waals surface area contributed by atoms with Gasteiger partial charge in [-0.1, -0.05) is 0 Å². The van der Waals surface area contributed by atoms with Crippen LogP contribution in [-0.2, 0) is 9.59 Å². The predicted octanol–water partition coefficient (Wildman–Crippen LogP) is 0.696. The second-order valence-electron chi connectivity index (χ2n) is 3.04. The lowest BCUT2D eigenvalue weighted by Gasteiger charge is -2.14. The van der Waals surface area contributed by atoms with E-state index in [9.17, 15) is 9.59 Å². The Hall–Kier alpha value is -0.700. The van der Waals surface area contributed by atoms with E-state index in [0.717, 1.165) is 6.29 Å². The van der Waals surface area contributed by atoms with Crippen molar-refractivity contribution in [3.63, 3.8) is 0 Å². The van der Waals surface area contributed by atoms with Crippen LogP contribution in [0.5, 0.6) is 0 Å². The minimum atomic E-state index is -1.25. The summed E-state index contributed by atoms with van der Waals surface area (Å²) in [6.07, 6.45) is 1.98. The van der Waals surface area contributed by atoms with Gasteiger partial charge in [-0.25, -0.2) is 0 Å². The number of ketones is 1. The van der Waals surface area contributed by atoms with E-state index in [1.54, 1.807) is 0 Å². The molecule has 3 heteroatoms. The second-order valence-corrected chi connectivity index (χ2v) is 3.04. The van der Waals surface area contributed by atoms with E-state index in [1.807, 2.05) is 0 Å². The SMILES string of the molecule is CC(C)(O)C(=O)CCCC=O. The number of rotatable bonds is 5. The van der Waals surface area contributed by atoms with E-state index in [1.165, 1.54) is 13.8 Å². The molecule has 0 rings (SSSR count). The molecule has 64 valence electrons. The Bertz CT molecular complexity index is 144. The first-order valence-electron chi connectivity index (χ1n) is 3.68. The predicted molar refractivity (Wildman–Crippen MR) is 41.2 cm³/mol. The number of carbonyl (C=O) groups is 2. The lowest BCUT2D eigenvalue weighted by molar-refractivity contribution is -0.134. The maximum atomic E-state index is 11.0. The van der Waals surface area contributed by atoms with Gasteiger partial charge in [-0.15, -0.1) is 0 Å². The molecule has 0 amide bonds. The Morgan fingerprint density at radius 1 is 1.55 bits per heavy atom. The molecule has 0 aliphatic carbocycles. The van der Waals surface area contributed by atoms with Crippen molar-refractivity contribution in [3.05, 3.63) is 0 Å². The maximum absolute atomic E-state index is 11.0. The summed E-state index contributed by atoms with van der Waals surface area (Å²) < 4.78 is 0. The highest BCUT2D eigenvalue weighted by Crippen LogP contribution is 2.08. The molecule has 0 aliphatic rings. The van der Waals surface area contributed by atoms with Crippen LogP contribution in [-0.4, -0.2) is 22.8 Å². The fraction of sp³-hybridized carbons (Fsp3) is 0.750. The monoisotopic (exact) mass is 158 g/mol.